The summed E-state index contributed by atoms with van der Waals surface area (Å²) in [7, 11) is 1.16. The lowest BCUT2D eigenvalue weighted by Gasteiger charge is -2.19. The zero-order chi connectivity index (χ0) is 37.0. The minimum absolute atomic E-state index is 0.0234. The van der Waals surface area contributed by atoms with Gasteiger partial charge < -0.3 is 9.47 Å². The van der Waals surface area contributed by atoms with Gasteiger partial charge in [-0.25, -0.2) is 35.1 Å². The van der Waals surface area contributed by atoms with E-state index in [0.717, 1.165) is 50.5 Å². The lowest BCUT2D eigenvalue weighted by Crippen LogP contribution is -2.25. The molecule has 0 heterocycles. The van der Waals surface area contributed by atoms with E-state index in [1.165, 1.54) is 24.3 Å². The molecule has 12 heteroatoms. The van der Waals surface area contributed by atoms with Crippen molar-refractivity contribution in [1.82, 2.24) is 0 Å². The molecule has 0 aliphatic carbocycles. The van der Waals surface area contributed by atoms with Crippen LogP contribution in [-0.4, -0.2) is 7.11 Å². The van der Waals surface area contributed by atoms with Crippen LogP contribution in [0.5, 0.6) is 11.5 Å². The lowest BCUT2D eigenvalue weighted by molar-refractivity contribution is -0.189. The summed E-state index contributed by atoms with van der Waals surface area (Å²) in [5.74, 6) is -8.72. The molecule has 0 aliphatic heterocycles. The van der Waals surface area contributed by atoms with E-state index in [-0.39, 0.29) is 40.1 Å². The smallest absolute Gasteiger partial charge is 0.432 e. The third-order valence-electron chi connectivity index (χ3n) is 7.84. The average Bonchev–Trinajstić information content (AvgIpc) is 3.05. The first-order valence-electron chi connectivity index (χ1n) is 15.4. The maximum absolute atomic E-state index is 15.3. The largest absolute Gasteiger partial charge is 0.495 e. The van der Waals surface area contributed by atoms with E-state index in [1.807, 2.05) is 0 Å². The predicted molar refractivity (Wildman–Crippen MR) is 170 cm³/mol. The van der Waals surface area contributed by atoms with Crippen LogP contribution in [0.2, 0.25) is 0 Å². The van der Waals surface area contributed by atoms with Gasteiger partial charge in [0.2, 0.25) is 0 Å². The first-order valence-corrected chi connectivity index (χ1v) is 15.4. The molecule has 264 valence electrons. The molecule has 0 N–H and O–H groups in total. The first-order chi connectivity index (χ1) is 24.2. The van der Waals surface area contributed by atoms with E-state index in [9.17, 15) is 35.1 Å². The standard InChI is InChI=1S/C39H26F10O2/c1-3-4-5-6-21-7-10-26(29(40)13-21)23-9-12-27(30(41)16-23)24-17-31(42)28(36(18-24)50-2)11-8-22-14-32(43)37(33(44)15-22)39(48,49)51-25-19-34(45)38(47)35(46)20-25/h7,9-10,12-20H,3-6H2,1-2H3. The van der Waals surface area contributed by atoms with E-state index in [4.69, 9.17) is 4.74 Å². The summed E-state index contributed by atoms with van der Waals surface area (Å²) >= 11 is 0. The number of alkyl halides is 2. The molecule has 0 unspecified atom stereocenters. The van der Waals surface area contributed by atoms with Gasteiger partial charge in [0, 0.05) is 28.8 Å². The van der Waals surface area contributed by atoms with E-state index >= 15 is 8.78 Å². The number of rotatable bonds is 10. The maximum Gasteiger partial charge on any atom is 0.432 e. The van der Waals surface area contributed by atoms with Crippen LogP contribution < -0.4 is 9.47 Å². The fourth-order valence-electron chi connectivity index (χ4n) is 5.31. The summed E-state index contributed by atoms with van der Waals surface area (Å²) in [6.45, 7) is 2.07. The number of unbranched alkanes of at least 4 members (excludes halogenated alkanes) is 2. The quantitative estimate of drug-likeness (QED) is 0.0620. The Labute approximate surface area is 286 Å². The summed E-state index contributed by atoms with van der Waals surface area (Å²) in [4.78, 5) is 0. The van der Waals surface area contributed by atoms with Crippen molar-refractivity contribution in [1.29, 1.82) is 0 Å². The summed E-state index contributed by atoms with van der Waals surface area (Å²) < 4.78 is 154. The van der Waals surface area contributed by atoms with Crippen molar-refractivity contribution in [2.24, 2.45) is 0 Å². The third kappa shape index (κ3) is 8.14. The van der Waals surface area contributed by atoms with Crippen LogP contribution in [0.3, 0.4) is 0 Å². The van der Waals surface area contributed by atoms with Crippen molar-refractivity contribution in [3.8, 4) is 45.6 Å². The molecule has 5 aromatic carbocycles. The molecule has 0 aromatic heterocycles. The number of hydrogen-bond acceptors (Lipinski definition) is 2. The van der Waals surface area contributed by atoms with Crippen LogP contribution in [0.25, 0.3) is 22.3 Å². The normalized spacial score (nSPS) is 11.3. The summed E-state index contributed by atoms with van der Waals surface area (Å²) in [5.41, 5.74) is -1.65. The van der Waals surface area contributed by atoms with Crippen LogP contribution >= 0.6 is 0 Å². The fourth-order valence-corrected chi connectivity index (χ4v) is 5.31. The second kappa shape index (κ2) is 15.2. The lowest BCUT2D eigenvalue weighted by atomic mass is 9.96. The Hall–Kier alpha value is -5.44. The molecule has 51 heavy (non-hydrogen) atoms. The van der Waals surface area contributed by atoms with E-state index < -0.39 is 75.1 Å². The maximum atomic E-state index is 15.3. The molecule has 0 aliphatic rings. The predicted octanol–water partition coefficient (Wildman–Crippen LogP) is 11.4. The molecule has 0 bridgehead atoms. The Kier molecular flexibility index (Phi) is 11.0. The number of benzene rings is 5. The number of aryl methyl sites for hydroxylation is 1. The topological polar surface area (TPSA) is 18.5 Å². The zero-order valence-electron chi connectivity index (χ0n) is 26.9. The number of ether oxygens (including phenoxy) is 2. The minimum atomic E-state index is -4.82. The zero-order valence-corrected chi connectivity index (χ0v) is 26.9. The van der Waals surface area contributed by atoms with E-state index in [2.05, 4.69) is 23.5 Å². The monoisotopic (exact) mass is 716 g/mol. The first kappa shape index (κ1) is 36.8. The van der Waals surface area contributed by atoms with Gasteiger partial charge in [-0.15, -0.1) is 0 Å². The Morgan fingerprint density at radius 2 is 1.22 bits per heavy atom. The molecule has 2 nitrogen and oxygen atoms in total. The highest BCUT2D eigenvalue weighted by atomic mass is 19.3. The molecule has 0 fully saturated rings. The van der Waals surface area contributed by atoms with Crippen LogP contribution in [0, 0.1) is 58.4 Å². The minimum Gasteiger partial charge on any atom is -0.495 e. The van der Waals surface area contributed by atoms with Crippen LogP contribution in [0.15, 0.2) is 72.8 Å². The van der Waals surface area contributed by atoms with Crippen molar-refractivity contribution in [3.63, 3.8) is 0 Å². The fraction of sp³-hybridized carbons (Fsp3) is 0.179. The van der Waals surface area contributed by atoms with Gasteiger partial charge in [0.05, 0.1) is 7.11 Å². The highest BCUT2D eigenvalue weighted by Gasteiger charge is 2.41. The summed E-state index contributed by atoms with van der Waals surface area (Å²) in [5, 5.41) is 0. The van der Waals surface area contributed by atoms with Crippen molar-refractivity contribution >= 4 is 0 Å². The van der Waals surface area contributed by atoms with Gasteiger partial charge in [-0.1, -0.05) is 55.9 Å². The van der Waals surface area contributed by atoms with Crippen molar-refractivity contribution in [2.75, 3.05) is 7.11 Å². The van der Waals surface area contributed by atoms with Crippen molar-refractivity contribution in [2.45, 2.75) is 38.7 Å². The van der Waals surface area contributed by atoms with Crippen LogP contribution in [0.4, 0.5) is 43.9 Å². The molecule has 0 radical (unpaired) electrons. The molecular formula is C39H26F10O2. The molecule has 5 aromatic rings. The second-order valence-electron chi connectivity index (χ2n) is 11.4. The molecule has 0 saturated heterocycles. The van der Waals surface area contributed by atoms with Gasteiger partial charge in [0.25, 0.3) is 0 Å². The molecule has 5 rings (SSSR count). The molecular weight excluding hydrogens is 690 g/mol. The van der Waals surface area contributed by atoms with Gasteiger partial charge in [-0.05, 0) is 65.9 Å². The second-order valence-corrected chi connectivity index (χ2v) is 11.4. The number of halogens is 10. The van der Waals surface area contributed by atoms with E-state index in [1.54, 1.807) is 12.1 Å². The average molecular weight is 717 g/mol. The summed E-state index contributed by atoms with van der Waals surface area (Å²) in [6.07, 6.45) is -1.14. The summed E-state index contributed by atoms with van der Waals surface area (Å²) in [6, 6.07) is 11.8. The van der Waals surface area contributed by atoms with Gasteiger partial charge in [-0.2, -0.15) is 8.78 Å². The SMILES string of the molecule is CCCCCc1ccc(-c2ccc(-c3cc(F)c(C#Cc4cc(F)c(C(F)(F)Oc5cc(F)c(F)c(F)c5)c(F)c4)c(OC)c3)c(F)c2)c(F)c1. The number of methoxy groups -OCH3 is 1. The van der Waals surface area contributed by atoms with Crippen molar-refractivity contribution in [3.05, 3.63) is 142 Å². The third-order valence-corrected chi connectivity index (χ3v) is 7.84. The van der Waals surface area contributed by atoms with Gasteiger partial charge in [0.15, 0.2) is 17.5 Å². The van der Waals surface area contributed by atoms with E-state index in [0.29, 0.717) is 12.1 Å². The molecule has 0 amide bonds. The Balaban J connectivity index is 1.40. The number of hydrogen-bond donors (Lipinski definition) is 0. The van der Waals surface area contributed by atoms with Gasteiger partial charge in [-0.3, -0.25) is 0 Å². The van der Waals surface area contributed by atoms with Gasteiger partial charge in [0.1, 0.15) is 51.7 Å². The Morgan fingerprint density at radius 3 is 1.82 bits per heavy atom. The van der Waals surface area contributed by atoms with Gasteiger partial charge >= 0.3 is 6.11 Å². The highest BCUT2D eigenvalue weighted by Crippen LogP contribution is 2.37. The van der Waals surface area contributed by atoms with Crippen LogP contribution in [-0.2, 0) is 12.5 Å². The molecule has 0 atom stereocenters. The Bertz CT molecular complexity index is 2120. The van der Waals surface area contributed by atoms with Crippen molar-refractivity contribution < 1.29 is 53.4 Å². The van der Waals surface area contributed by atoms with Crippen LogP contribution in [0.1, 0.15) is 48.4 Å². The highest BCUT2D eigenvalue weighted by molar-refractivity contribution is 5.73. The molecule has 0 spiro atoms. The Morgan fingerprint density at radius 1 is 0.608 bits per heavy atom. The molecule has 0 saturated carbocycles.